The fourth-order valence-electron chi connectivity index (χ4n) is 4.01. The monoisotopic (exact) mass is 294 g/mol. The van der Waals surface area contributed by atoms with E-state index in [1.165, 1.54) is 0 Å². The summed E-state index contributed by atoms with van der Waals surface area (Å²) in [7, 11) is 0. The Labute approximate surface area is 128 Å². The van der Waals surface area contributed by atoms with Crippen LogP contribution >= 0.6 is 0 Å². The first-order valence-electron chi connectivity index (χ1n) is 8.47. The summed E-state index contributed by atoms with van der Waals surface area (Å²) in [6.45, 7) is 8.51. The Kier molecular flexibility index (Phi) is 5.48. The third-order valence-electron chi connectivity index (χ3n) is 5.56. The van der Waals surface area contributed by atoms with E-state index in [9.17, 15) is 9.90 Å². The maximum Gasteiger partial charge on any atom is 0.308 e. The highest BCUT2D eigenvalue weighted by atomic mass is 16.5. The Morgan fingerprint density at radius 3 is 2.67 bits per heavy atom. The van der Waals surface area contributed by atoms with E-state index in [2.05, 4.69) is 26.0 Å². The Bertz CT molecular complexity index is 390. The van der Waals surface area contributed by atoms with Crippen LogP contribution < -0.4 is 0 Å². The van der Waals surface area contributed by atoms with Gasteiger partial charge < -0.3 is 9.84 Å². The average molecular weight is 294 g/mol. The highest BCUT2D eigenvalue weighted by molar-refractivity contribution is 5.72. The molecule has 0 bridgehead atoms. The first-order valence-corrected chi connectivity index (χ1v) is 8.47. The molecule has 21 heavy (non-hydrogen) atoms. The van der Waals surface area contributed by atoms with Gasteiger partial charge in [0.25, 0.3) is 0 Å². The van der Waals surface area contributed by atoms with Crippen molar-refractivity contribution in [3.63, 3.8) is 0 Å². The number of aliphatic hydroxyl groups excluding tert-OH is 1. The number of ether oxygens (including phenoxy) is 1. The van der Waals surface area contributed by atoms with Gasteiger partial charge in [0.05, 0.1) is 5.92 Å². The van der Waals surface area contributed by atoms with Gasteiger partial charge >= 0.3 is 5.97 Å². The van der Waals surface area contributed by atoms with Gasteiger partial charge in [-0.25, -0.2) is 0 Å². The summed E-state index contributed by atoms with van der Waals surface area (Å²) in [5, 5.41) is 9.80. The molecule has 0 heterocycles. The van der Waals surface area contributed by atoms with Crippen molar-refractivity contribution in [1.29, 1.82) is 0 Å². The van der Waals surface area contributed by atoms with Gasteiger partial charge in [0, 0.05) is 12.5 Å². The zero-order valence-corrected chi connectivity index (χ0v) is 13.8. The number of hydrogen-bond donors (Lipinski definition) is 1. The standard InChI is InChI=1S/C18H30O3/c1-5-12(3)18(20)21-16-9-11(2)8-14-7-6-13(4)15(10-19)17(14)16/h6-7,11-17,19H,5,8-10H2,1-4H3/t11-,12-,13-,14-,15-,16-,17-/m0/s1. The van der Waals surface area contributed by atoms with Crippen LogP contribution in [0.5, 0.6) is 0 Å². The van der Waals surface area contributed by atoms with E-state index in [1.807, 2.05) is 13.8 Å². The van der Waals surface area contributed by atoms with Crippen LogP contribution in [-0.2, 0) is 9.53 Å². The predicted octanol–water partition coefficient (Wildman–Crippen LogP) is 3.42. The van der Waals surface area contributed by atoms with Crippen LogP contribution in [0.15, 0.2) is 12.2 Å². The zero-order chi connectivity index (χ0) is 15.6. The van der Waals surface area contributed by atoms with E-state index in [0.29, 0.717) is 17.8 Å². The molecule has 0 saturated heterocycles. The van der Waals surface area contributed by atoms with Gasteiger partial charge in [-0.1, -0.05) is 39.8 Å². The SMILES string of the molecule is CC[C@H](C)C(=O)O[C@H]1C[C@@H](C)C[C@@H]2C=C[C@H](C)[C@H](CO)[C@@H]12. The Hall–Kier alpha value is -0.830. The lowest BCUT2D eigenvalue weighted by Crippen LogP contribution is -2.47. The second kappa shape index (κ2) is 6.95. The van der Waals surface area contributed by atoms with Crippen molar-refractivity contribution in [1.82, 2.24) is 0 Å². The van der Waals surface area contributed by atoms with Crippen LogP contribution in [0.2, 0.25) is 0 Å². The summed E-state index contributed by atoms with van der Waals surface area (Å²) in [5.41, 5.74) is 0. The van der Waals surface area contributed by atoms with Crippen LogP contribution in [0, 0.1) is 35.5 Å². The predicted molar refractivity (Wildman–Crippen MR) is 83.6 cm³/mol. The number of rotatable bonds is 4. The molecule has 0 spiro atoms. The van der Waals surface area contributed by atoms with E-state index in [1.54, 1.807) is 0 Å². The van der Waals surface area contributed by atoms with Crippen molar-refractivity contribution in [2.24, 2.45) is 35.5 Å². The van der Waals surface area contributed by atoms with Crippen molar-refractivity contribution in [3.05, 3.63) is 12.2 Å². The topological polar surface area (TPSA) is 46.5 Å². The minimum Gasteiger partial charge on any atom is -0.462 e. The Morgan fingerprint density at radius 2 is 2.05 bits per heavy atom. The average Bonchev–Trinajstić information content (AvgIpc) is 2.46. The Balaban J connectivity index is 2.17. The molecule has 0 amide bonds. The van der Waals surface area contributed by atoms with Crippen molar-refractivity contribution < 1.29 is 14.6 Å². The highest BCUT2D eigenvalue weighted by Gasteiger charge is 2.45. The van der Waals surface area contributed by atoms with E-state index >= 15 is 0 Å². The molecule has 0 radical (unpaired) electrons. The van der Waals surface area contributed by atoms with Crippen molar-refractivity contribution >= 4 is 5.97 Å². The van der Waals surface area contributed by atoms with Gasteiger partial charge in [-0.15, -0.1) is 0 Å². The molecule has 3 heteroatoms. The molecule has 2 rings (SSSR count). The van der Waals surface area contributed by atoms with Crippen LogP contribution in [-0.4, -0.2) is 23.8 Å². The van der Waals surface area contributed by atoms with Gasteiger partial charge in [0.2, 0.25) is 0 Å². The zero-order valence-electron chi connectivity index (χ0n) is 13.8. The molecule has 120 valence electrons. The van der Waals surface area contributed by atoms with Crippen molar-refractivity contribution in [2.75, 3.05) is 6.61 Å². The van der Waals surface area contributed by atoms with E-state index in [0.717, 1.165) is 19.3 Å². The third-order valence-corrected chi connectivity index (χ3v) is 5.56. The van der Waals surface area contributed by atoms with E-state index in [4.69, 9.17) is 4.74 Å². The van der Waals surface area contributed by atoms with Crippen LogP contribution in [0.1, 0.15) is 47.0 Å². The van der Waals surface area contributed by atoms with E-state index < -0.39 is 0 Å². The number of esters is 1. The van der Waals surface area contributed by atoms with Crippen LogP contribution in [0.3, 0.4) is 0 Å². The molecular formula is C18H30O3. The summed E-state index contributed by atoms with van der Waals surface area (Å²) in [6.07, 6.45) is 7.37. The first-order chi connectivity index (χ1) is 9.97. The van der Waals surface area contributed by atoms with Crippen molar-refractivity contribution in [3.8, 4) is 0 Å². The second-order valence-electron chi connectivity index (χ2n) is 7.19. The molecule has 0 unspecified atom stereocenters. The number of fused-ring (bicyclic) bond motifs is 1. The number of allylic oxidation sites excluding steroid dienone is 2. The summed E-state index contributed by atoms with van der Waals surface area (Å²) in [5.74, 6) is 1.74. The molecule has 2 aliphatic rings. The molecule has 0 aliphatic heterocycles. The fourth-order valence-corrected chi connectivity index (χ4v) is 4.01. The van der Waals surface area contributed by atoms with Crippen LogP contribution in [0.4, 0.5) is 0 Å². The summed E-state index contributed by atoms with van der Waals surface area (Å²) in [6, 6.07) is 0. The largest absolute Gasteiger partial charge is 0.462 e. The molecule has 1 saturated carbocycles. The number of aliphatic hydroxyl groups is 1. The van der Waals surface area contributed by atoms with Gasteiger partial charge in [-0.2, -0.15) is 0 Å². The van der Waals surface area contributed by atoms with Crippen molar-refractivity contribution in [2.45, 2.75) is 53.1 Å². The molecule has 0 aromatic rings. The minimum atomic E-state index is -0.0748. The molecule has 1 fully saturated rings. The molecule has 3 nitrogen and oxygen atoms in total. The molecule has 2 aliphatic carbocycles. The number of carbonyl (C=O) groups is 1. The van der Waals surface area contributed by atoms with Gasteiger partial charge in [0.15, 0.2) is 0 Å². The second-order valence-corrected chi connectivity index (χ2v) is 7.19. The lowest BCUT2D eigenvalue weighted by molar-refractivity contribution is -0.164. The maximum absolute atomic E-state index is 12.2. The summed E-state index contributed by atoms with van der Waals surface area (Å²) < 4.78 is 5.88. The molecule has 7 atom stereocenters. The van der Waals surface area contributed by atoms with Gasteiger partial charge in [-0.05, 0) is 42.9 Å². The van der Waals surface area contributed by atoms with Gasteiger partial charge in [-0.3, -0.25) is 4.79 Å². The minimum absolute atomic E-state index is 0.0372. The summed E-state index contributed by atoms with van der Waals surface area (Å²) >= 11 is 0. The normalized spacial score (nSPS) is 40.4. The molecule has 0 aromatic heterocycles. The number of hydrogen-bond acceptors (Lipinski definition) is 3. The maximum atomic E-state index is 12.2. The molecule has 1 N–H and O–H groups in total. The summed E-state index contributed by atoms with van der Waals surface area (Å²) in [4.78, 5) is 12.2. The number of carbonyl (C=O) groups excluding carboxylic acids is 1. The van der Waals surface area contributed by atoms with Crippen LogP contribution in [0.25, 0.3) is 0 Å². The quantitative estimate of drug-likeness (QED) is 0.638. The first kappa shape index (κ1) is 16.5. The molecular weight excluding hydrogens is 264 g/mol. The highest BCUT2D eigenvalue weighted by Crippen LogP contribution is 2.45. The van der Waals surface area contributed by atoms with Gasteiger partial charge in [0.1, 0.15) is 6.10 Å². The molecule has 0 aromatic carbocycles. The lowest BCUT2D eigenvalue weighted by atomic mass is 9.62. The fraction of sp³-hybridized carbons (Fsp3) is 0.833. The third kappa shape index (κ3) is 3.50. The smallest absolute Gasteiger partial charge is 0.308 e. The lowest BCUT2D eigenvalue weighted by Gasteiger charge is -2.46. The van der Waals surface area contributed by atoms with E-state index in [-0.39, 0.29) is 36.4 Å². The Morgan fingerprint density at radius 1 is 1.33 bits per heavy atom.